The molecule has 0 aromatic heterocycles. The van der Waals surface area contributed by atoms with Crippen molar-refractivity contribution in [2.75, 3.05) is 18.5 Å². The van der Waals surface area contributed by atoms with Crippen molar-refractivity contribution in [3.63, 3.8) is 0 Å². The van der Waals surface area contributed by atoms with Gasteiger partial charge in [-0.1, -0.05) is 25.1 Å². The number of anilines is 1. The summed E-state index contributed by atoms with van der Waals surface area (Å²) in [6.45, 7) is 2.83. The van der Waals surface area contributed by atoms with E-state index in [0.717, 1.165) is 5.56 Å². The zero-order valence-corrected chi connectivity index (χ0v) is 14.2. The Bertz CT molecular complexity index is 694. The average Bonchev–Trinajstić information content (AvgIpc) is 2.59. The van der Waals surface area contributed by atoms with Gasteiger partial charge in [0.2, 0.25) is 0 Å². The summed E-state index contributed by atoms with van der Waals surface area (Å²) >= 11 is 0. The lowest BCUT2D eigenvalue weighted by Crippen LogP contribution is -2.32. The normalized spacial score (nSPS) is 11.6. The highest BCUT2D eigenvalue weighted by atomic mass is 19.1. The molecule has 0 bridgehead atoms. The minimum absolute atomic E-state index is 0.109. The van der Waals surface area contributed by atoms with Crippen LogP contribution in [0, 0.1) is 11.7 Å². The van der Waals surface area contributed by atoms with Crippen LogP contribution in [0.1, 0.15) is 18.9 Å². The van der Waals surface area contributed by atoms with Crippen molar-refractivity contribution in [3.8, 4) is 5.75 Å². The molecule has 0 saturated carbocycles. The number of urea groups is 1. The van der Waals surface area contributed by atoms with Gasteiger partial charge in [0.05, 0.1) is 0 Å². The van der Waals surface area contributed by atoms with Crippen LogP contribution < -0.4 is 15.4 Å². The fraction of sp³-hybridized carbons (Fsp3) is 0.316. The number of amides is 2. The molecule has 134 valence electrons. The first-order valence-electron chi connectivity index (χ1n) is 8.20. The maximum atomic E-state index is 13.1. The number of hydrogen-bond acceptors (Lipinski definition) is 3. The molecule has 3 N–H and O–H groups in total. The molecule has 0 aliphatic carbocycles. The molecule has 0 spiro atoms. The molecule has 0 aliphatic heterocycles. The van der Waals surface area contributed by atoms with E-state index in [0.29, 0.717) is 24.4 Å². The highest BCUT2D eigenvalue weighted by molar-refractivity contribution is 5.89. The molecule has 2 aromatic rings. The Hall–Kier alpha value is -2.60. The predicted molar refractivity (Wildman–Crippen MR) is 95.1 cm³/mol. The van der Waals surface area contributed by atoms with Crippen molar-refractivity contribution in [1.29, 1.82) is 0 Å². The van der Waals surface area contributed by atoms with Gasteiger partial charge in [0.15, 0.2) is 0 Å². The third kappa shape index (κ3) is 6.81. The van der Waals surface area contributed by atoms with Crippen molar-refractivity contribution < 1.29 is 19.0 Å². The van der Waals surface area contributed by atoms with Crippen molar-refractivity contribution in [3.05, 3.63) is 59.9 Å². The molecule has 0 fully saturated rings. The number of carbonyl (C=O) groups excluding carboxylic acids is 1. The quantitative estimate of drug-likeness (QED) is 0.685. The van der Waals surface area contributed by atoms with Crippen LogP contribution in [0.15, 0.2) is 48.5 Å². The minimum atomic E-state index is -0.347. The molecule has 0 radical (unpaired) electrons. The topological polar surface area (TPSA) is 70.6 Å². The number of halogens is 1. The van der Waals surface area contributed by atoms with E-state index in [2.05, 4.69) is 10.6 Å². The second-order valence-corrected chi connectivity index (χ2v) is 5.90. The Morgan fingerprint density at radius 3 is 2.80 bits per heavy atom. The summed E-state index contributed by atoms with van der Waals surface area (Å²) in [6.07, 6.45) is 0.646. The molecule has 1 atom stereocenters. The van der Waals surface area contributed by atoms with E-state index >= 15 is 0 Å². The van der Waals surface area contributed by atoms with E-state index < -0.39 is 0 Å². The second-order valence-electron chi connectivity index (χ2n) is 5.90. The number of nitrogens with one attached hydrogen (secondary N) is 2. The van der Waals surface area contributed by atoms with Crippen molar-refractivity contribution in [2.45, 2.75) is 20.0 Å². The van der Waals surface area contributed by atoms with Gasteiger partial charge >= 0.3 is 6.03 Å². The van der Waals surface area contributed by atoms with Gasteiger partial charge in [0.1, 0.15) is 18.2 Å². The molecule has 6 heteroatoms. The number of carbonyl (C=O) groups is 1. The van der Waals surface area contributed by atoms with E-state index in [1.165, 1.54) is 12.1 Å². The highest BCUT2D eigenvalue weighted by Crippen LogP contribution is 2.16. The van der Waals surface area contributed by atoms with E-state index in [1.807, 2.05) is 19.1 Å². The summed E-state index contributed by atoms with van der Waals surface area (Å²) in [7, 11) is 0. The predicted octanol–water partition coefficient (Wildman–Crippen LogP) is 3.54. The zero-order valence-electron chi connectivity index (χ0n) is 14.2. The first kappa shape index (κ1) is 18.7. The lowest BCUT2D eigenvalue weighted by atomic mass is 10.1. The smallest absolute Gasteiger partial charge is 0.319 e. The molecule has 0 aliphatic rings. The van der Waals surface area contributed by atoms with Gasteiger partial charge in [-0.15, -0.1) is 0 Å². The van der Waals surface area contributed by atoms with Crippen LogP contribution in [0.25, 0.3) is 0 Å². The van der Waals surface area contributed by atoms with Crippen molar-refractivity contribution in [2.24, 2.45) is 5.92 Å². The fourth-order valence-corrected chi connectivity index (χ4v) is 2.23. The van der Waals surface area contributed by atoms with Gasteiger partial charge in [0.25, 0.3) is 0 Å². The maximum absolute atomic E-state index is 13.1. The summed E-state index contributed by atoms with van der Waals surface area (Å²) in [5.74, 6) is 0.316. The molecule has 5 nitrogen and oxygen atoms in total. The Labute approximate surface area is 146 Å². The fourth-order valence-electron chi connectivity index (χ4n) is 2.23. The number of hydrogen-bond donors (Lipinski definition) is 3. The van der Waals surface area contributed by atoms with Crippen molar-refractivity contribution in [1.82, 2.24) is 5.32 Å². The van der Waals surface area contributed by atoms with Gasteiger partial charge < -0.3 is 20.5 Å². The molecule has 2 amide bonds. The van der Waals surface area contributed by atoms with Gasteiger partial charge in [-0.3, -0.25) is 0 Å². The lowest BCUT2D eigenvalue weighted by molar-refractivity contribution is 0.243. The van der Waals surface area contributed by atoms with Crippen LogP contribution in [-0.2, 0) is 6.61 Å². The van der Waals surface area contributed by atoms with Crippen LogP contribution in [0.3, 0.4) is 0 Å². The molecule has 2 rings (SSSR count). The molecule has 0 heterocycles. The SMILES string of the molecule is CC(CCO)CNC(=O)Nc1cccc(COc2cccc(F)c2)c1. The molecule has 2 aromatic carbocycles. The van der Waals surface area contributed by atoms with Gasteiger partial charge in [-0.05, 0) is 42.2 Å². The summed E-state index contributed by atoms with van der Waals surface area (Å²) in [5.41, 5.74) is 1.50. The van der Waals surface area contributed by atoms with E-state index in [-0.39, 0.29) is 31.0 Å². The molecular weight excluding hydrogens is 323 g/mol. The molecule has 25 heavy (non-hydrogen) atoms. The Kier molecular flexibility index (Phi) is 7.22. The van der Waals surface area contributed by atoms with Crippen LogP contribution >= 0.6 is 0 Å². The van der Waals surface area contributed by atoms with Gasteiger partial charge in [0, 0.05) is 24.9 Å². The van der Waals surface area contributed by atoms with Gasteiger partial charge in [-0.2, -0.15) is 0 Å². The Morgan fingerprint density at radius 2 is 2.04 bits per heavy atom. The maximum Gasteiger partial charge on any atom is 0.319 e. The van der Waals surface area contributed by atoms with Crippen LogP contribution in [-0.4, -0.2) is 24.3 Å². The highest BCUT2D eigenvalue weighted by Gasteiger charge is 2.06. The Balaban J connectivity index is 1.84. The largest absolute Gasteiger partial charge is 0.489 e. The van der Waals surface area contributed by atoms with Crippen LogP contribution in [0.5, 0.6) is 5.75 Å². The third-order valence-corrected chi connectivity index (χ3v) is 3.62. The first-order valence-corrected chi connectivity index (χ1v) is 8.20. The lowest BCUT2D eigenvalue weighted by Gasteiger charge is -2.13. The molecule has 1 unspecified atom stereocenters. The molecular formula is C19H23FN2O3. The van der Waals surface area contributed by atoms with Crippen molar-refractivity contribution >= 4 is 11.7 Å². The second kappa shape index (κ2) is 9.64. The number of ether oxygens (including phenoxy) is 1. The summed E-state index contributed by atoms with van der Waals surface area (Å²) in [4.78, 5) is 11.9. The third-order valence-electron chi connectivity index (χ3n) is 3.62. The number of benzene rings is 2. The standard InChI is InChI=1S/C19H23FN2O3/c1-14(8-9-23)12-21-19(24)22-17-6-2-4-15(10-17)13-25-18-7-3-5-16(20)11-18/h2-7,10-11,14,23H,8-9,12-13H2,1H3,(H2,21,22,24). The number of aliphatic hydroxyl groups is 1. The minimum Gasteiger partial charge on any atom is -0.489 e. The summed E-state index contributed by atoms with van der Waals surface area (Å²) in [6, 6.07) is 12.9. The van der Waals surface area contributed by atoms with Gasteiger partial charge in [-0.25, -0.2) is 9.18 Å². The summed E-state index contributed by atoms with van der Waals surface area (Å²) in [5, 5.41) is 14.4. The number of rotatable bonds is 8. The zero-order chi connectivity index (χ0) is 18.1. The van der Waals surface area contributed by atoms with E-state index in [4.69, 9.17) is 9.84 Å². The molecule has 0 saturated heterocycles. The van der Waals surface area contributed by atoms with Crippen LogP contribution in [0.2, 0.25) is 0 Å². The number of aliphatic hydroxyl groups excluding tert-OH is 1. The van der Waals surface area contributed by atoms with E-state index in [9.17, 15) is 9.18 Å². The first-order chi connectivity index (χ1) is 12.1. The Morgan fingerprint density at radius 1 is 1.24 bits per heavy atom. The average molecular weight is 346 g/mol. The monoisotopic (exact) mass is 346 g/mol. The summed E-state index contributed by atoms with van der Waals surface area (Å²) < 4.78 is 18.7. The van der Waals surface area contributed by atoms with Crippen LogP contribution in [0.4, 0.5) is 14.9 Å². The van der Waals surface area contributed by atoms with E-state index in [1.54, 1.807) is 24.3 Å².